The molecule has 2 N–H and O–H groups in total. The third-order valence-corrected chi connectivity index (χ3v) is 4.10. The number of nitrogens with zero attached hydrogens (tertiary/aromatic N) is 3. The van der Waals surface area contributed by atoms with Crippen LogP contribution in [-0.2, 0) is 14.9 Å². The summed E-state index contributed by atoms with van der Waals surface area (Å²) in [4.78, 5) is 20.3. The number of aromatic amines is 1. The minimum absolute atomic E-state index is 0.269. The average molecular weight is 325 g/mol. The molecule has 0 aliphatic rings. The van der Waals surface area contributed by atoms with Crippen molar-refractivity contribution in [3.8, 4) is 0 Å². The molecule has 0 bridgehead atoms. The summed E-state index contributed by atoms with van der Waals surface area (Å²) in [6.45, 7) is 5.60. The van der Waals surface area contributed by atoms with Crippen LogP contribution in [-0.4, -0.2) is 33.2 Å². The Labute approximate surface area is 139 Å². The predicted octanol–water partition coefficient (Wildman–Crippen LogP) is 2.86. The van der Waals surface area contributed by atoms with Gasteiger partial charge in [0.25, 0.3) is 0 Å². The maximum atomic E-state index is 11.9. The van der Waals surface area contributed by atoms with E-state index in [1.807, 2.05) is 45.0 Å². The highest BCUT2D eigenvalue weighted by atomic mass is 16.5. The number of aryl methyl sites for hydroxylation is 1. The van der Waals surface area contributed by atoms with Crippen LogP contribution in [0.1, 0.15) is 25.1 Å². The fraction of sp³-hybridized carbons (Fsp3) is 0.294. The van der Waals surface area contributed by atoms with Crippen molar-refractivity contribution in [3.63, 3.8) is 0 Å². The first-order valence-corrected chi connectivity index (χ1v) is 7.55. The van der Waals surface area contributed by atoms with Crippen LogP contribution in [0.2, 0.25) is 0 Å². The second kappa shape index (κ2) is 5.92. The molecule has 124 valence electrons. The molecular weight excluding hydrogens is 306 g/mol. The van der Waals surface area contributed by atoms with Crippen LogP contribution >= 0.6 is 0 Å². The van der Waals surface area contributed by atoms with Gasteiger partial charge in [-0.3, -0.25) is 9.89 Å². The highest BCUT2D eigenvalue weighted by Crippen LogP contribution is 2.28. The van der Waals surface area contributed by atoms with E-state index in [1.54, 1.807) is 0 Å². The molecule has 24 heavy (non-hydrogen) atoms. The van der Waals surface area contributed by atoms with Gasteiger partial charge >= 0.3 is 5.97 Å². The van der Waals surface area contributed by atoms with E-state index in [1.165, 1.54) is 13.4 Å². The van der Waals surface area contributed by atoms with E-state index in [0.29, 0.717) is 11.5 Å². The van der Waals surface area contributed by atoms with E-state index in [2.05, 4.69) is 25.5 Å². The molecule has 7 nitrogen and oxygen atoms in total. The van der Waals surface area contributed by atoms with Gasteiger partial charge in [-0.2, -0.15) is 5.10 Å². The Morgan fingerprint density at radius 2 is 1.92 bits per heavy atom. The summed E-state index contributed by atoms with van der Waals surface area (Å²) >= 11 is 0. The minimum atomic E-state index is -0.698. The number of aromatic nitrogens is 4. The molecule has 0 spiro atoms. The molecule has 0 aliphatic heterocycles. The number of ether oxygens (including phenoxy) is 1. The number of benzene rings is 1. The van der Waals surface area contributed by atoms with Crippen LogP contribution in [0.15, 0.2) is 30.6 Å². The van der Waals surface area contributed by atoms with Crippen molar-refractivity contribution in [1.82, 2.24) is 20.2 Å². The van der Waals surface area contributed by atoms with E-state index in [-0.39, 0.29) is 5.97 Å². The number of hydrogen-bond acceptors (Lipinski definition) is 6. The van der Waals surface area contributed by atoms with E-state index in [9.17, 15) is 4.79 Å². The standard InChI is InChI=1S/C17H19N5O2/c1-10-13-14(18-9-19-15(13)22-21-10)20-12-7-5-11(6-8-12)17(2,3)16(23)24-4/h5-9H,1-4H3,(H2,18,19,20,21,22). The minimum Gasteiger partial charge on any atom is -0.468 e. The van der Waals surface area contributed by atoms with Gasteiger partial charge in [0.2, 0.25) is 0 Å². The molecule has 0 saturated heterocycles. The van der Waals surface area contributed by atoms with Gasteiger partial charge in [-0.1, -0.05) is 12.1 Å². The number of fused-ring (bicyclic) bond motifs is 1. The molecule has 0 radical (unpaired) electrons. The number of nitrogens with one attached hydrogen (secondary N) is 2. The molecule has 0 atom stereocenters. The zero-order valence-corrected chi connectivity index (χ0v) is 14.0. The maximum absolute atomic E-state index is 11.9. The molecular formula is C17H19N5O2. The molecule has 3 aromatic rings. The maximum Gasteiger partial charge on any atom is 0.315 e. The molecule has 2 aromatic heterocycles. The number of carbonyl (C=O) groups excluding carboxylic acids is 1. The number of anilines is 2. The summed E-state index contributed by atoms with van der Waals surface area (Å²) in [5, 5.41) is 11.2. The Kier molecular flexibility index (Phi) is 3.92. The van der Waals surface area contributed by atoms with Gasteiger partial charge in [0.1, 0.15) is 12.1 Å². The lowest BCUT2D eigenvalue weighted by atomic mass is 9.85. The van der Waals surface area contributed by atoms with Crippen molar-refractivity contribution < 1.29 is 9.53 Å². The summed E-state index contributed by atoms with van der Waals surface area (Å²) in [5.41, 5.74) is 2.56. The Hall–Kier alpha value is -2.96. The van der Waals surface area contributed by atoms with Gasteiger partial charge in [-0.05, 0) is 38.5 Å². The van der Waals surface area contributed by atoms with Crippen molar-refractivity contribution in [2.24, 2.45) is 0 Å². The average Bonchev–Trinajstić information content (AvgIpc) is 2.97. The first-order valence-electron chi connectivity index (χ1n) is 7.55. The number of methoxy groups -OCH3 is 1. The topological polar surface area (TPSA) is 92.8 Å². The summed E-state index contributed by atoms with van der Waals surface area (Å²) in [6.07, 6.45) is 1.47. The highest BCUT2D eigenvalue weighted by molar-refractivity contribution is 5.90. The fourth-order valence-corrected chi connectivity index (χ4v) is 2.57. The summed E-state index contributed by atoms with van der Waals surface area (Å²) in [6, 6.07) is 7.62. The third-order valence-electron chi connectivity index (χ3n) is 4.10. The lowest BCUT2D eigenvalue weighted by molar-refractivity contribution is -0.146. The molecule has 1 aromatic carbocycles. The SMILES string of the molecule is COC(=O)C(C)(C)c1ccc(Nc2ncnc3n[nH]c(C)c23)cc1. The summed E-state index contributed by atoms with van der Waals surface area (Å²) in [7, 11) is 1.40. The smallest absolute Gasteiger partial charge is 0.315 e. The van der Waals surface area contributed by atoms with Crippen LogP contribution < -0.4 is 5.32 Å². The predicted molar refractivity (Wildman–Crippen MR) is 91.2 cm³/mol. The third kappa shape index (κ3) is 2.68. The van der Waals surface area contributed by atoms with E-state index < -0.39 is 5.41 Å². The van der Waals surface area contributed by atoms with Gasteiger partial charge < -0.3 is 10.1 Å². The zero-order chi connectivity index (χ0) is 17.3. The monoisotopic (exact) mass is 325 g/mol. The second-order valence-electron chi connectivity index (χ2n) is 6.09. The van der Waals surface area contributed by atoms with E-state index in [0.717, 1.165) is 22.3 Å². The Morgan fingerprint density at radius 1 is 1.21 bits per heavy atom. The Morgan fingerprint density at radius 3 is 2.58 bits per heavy atom. The van der Waals surface area contributed by atoms with E-state index in [4.69, 9.17) is 4.74 Å². The summed E-state index contributed by atoms with van der Waals surface area (Å²) in [5.74, 6) is 0.418. The number of H-pyrrole nitrogens is 1. The molecule has 0 fully saturated rings. The quantitative estimate of drug-likeness (QED) is 0.717. The number of rotatable bonds is 4. The second-order valence-corrected chi connectivity index (χ2v) is 6.09. The molecule has 2 heterocycles. The molecule has 7 heteroatoms. The van der Waals surface area contributed by atoms with Crippen LogP contribution in [0, 0.1) is 6.92 Å². The summed E-state index contributed by atoms with van der Waals surface area (Å²) < 4.78 is 4.87. The number of carbonyl (C=O) groups is 1. The van der Waals surface area contributed by atoms with Crippen molar-refractivity contribution in [1.29, 1.82) is 0 Å². The van der Waals surface area contributed by atoms with Crippen LogP contribution in [0.4, 0.5) is 11.5 Å². The molecule has 0 aliphatic carbocycles. The van der Waals surface area contributed by atoms with Gasteiger partial charge in [-0.15, -0.1) is 0 Å². The van der Waals surface area contributed by atoms with E-state index >= 15 is 0 Å². The number of hydrogen-bond donors (Lipinski definition) is 2. The lowest BCUT2D eigenvalue weighted by Gasteiger charge is -2.22. The fourth-order valence-electron chi connectivity index (χ4n) is 2.57. The molecule has 0 amide bonds. The van der Waals surface area contributed by atoms with Crippen molar-refractivity contribution >= 4 is 28.5 Å². The largest absolute Gasteiger partial charge is 0.468 e. The normalized spacial score (nSPS) is 11.5. The van der Waals surface area contributed by atoms with Crippen molar-refractivity contribution in [2.45, 2.75) is 26.2 Å². The Balaban J connectivity index is 1.89. The van der Waals surface area contributed by atoms with Gasteiger partial charge in [0.15, 0.2) is 5.65 Å². The molecule has 3 rings (SSSR count). The van der Waals surface area contributed by atoms with Crippen molar-refractivity contribution in [2.75, 3.05) is 12.4 Å². The molecule has 0 saturated carbocycles. The van der Waals surface area contributed by atoms with Crippen molar-refractivity contribution in [3.05, 3.63) is 41.9 Å². The van der Waals surface area contributed by atoms with Gasteiger partial charge in [0, 0.05) is 11.4 Å². The van der Waals surface area contributed by atoms with Crippen LogP contribution in [0.5, 0.6) is 0 Å². The van der Waals surface area contributed by atoms with Gasteiger partial charge in [0.05, 0.1) is 17.9 Å². The first kappa shape index (κ1) is 15.9. The van der Waals surface area contributed by atoms with Crippen LogP contribution in [0.3, 0.4) is 0 Å². The zero-order valence-electron chi connectivity index (χ0n) is 14.0. The number of esters is 1. The molecule has 0 unspecified atom stereocenters. The lowest BCUT2D eigenvalue weighted by Crippen LogP contribution is -2.30. The highest BCUT2D eigenvalue weighted by Gasteiger charge is 2.30. The van der Waals surface area contributed by atoms with Gasteiger partial charge in [-0.25, -0.2) is 9.97 Å². The van der Waals surface area contributed by atoms with Crippen LogP contribution in [0.25, 0.3) is 11.0 Å². The Bertz CT molecular complexity index is 884. The first-order chi connectivity index (χ1) is 11.4.